The summed E-state index contributed by atoms with van der Waals surface area (Å²) in [4.78, 5) is 0. The molecule has 1 aromatic carbocycles. The van der Waals surface area contributed by atoms with E-state index in [-0.39, 0.29) is 12.2 Å². The lowest BCUT2D eigenvalue weighted by Crippen LogP contribution is -2.22. The summed E-state index contributed by atoms with van der Waals surface area (Å²) < 4.78 is 48.2. The molecule has 0 fully saturated rings. The molecular formula is C12H15ClN2O4S2. The van der Waals surface area contributed by atoms with Crippen molar-refractivity contribution < 1.29 is 16.8 Å². The second-order valence-electron chi connectivity index (χ2n) is 4.25. The van der Waals surface area contributed by atoms with Gasteiger partial charge in [-0.25, -0.2) is 16.8 Å². The minimum Gasteiger partial charge on any atom is -0.320 e. The van der Waals surface area contributed by atoms with Crippen molar-refractivity contribution in [1.82, 2.24) is 0 Å². The molecule has 0 radical (unpaired) electrons. The van der Waals surface area contributed by atoms with Gasteiger partial charge in [0.05, 0.1) is 23.7 Å². The number of sulfonamides is 1. The molecule has 0 saturated heterocycles. The molecule has 0 saturated carbocycles. The molecule has 0 spiro atoms. The zero-order valence-corrected chi connectivity index (χ0v) is 13.6. The fourth-order valence-electron chi connectivity index (χ4n) is 1.34. The third-order valence-electron chi connectivity index (χ3n) is 2.30. The normalized spacial score (nSPS) is 11.6. The molecule has 0 heterocycles. The van der Waals surface area contributed by atoms with E-state index in [0.29, 0.717) is 10.6 Å². The van der Waals surface area contributed by atoms with Gasteiger partial charge in [-0.15, -0.1) is 0 Å². The summed E-state index contributed by atoms with van der Waals surface area (Å²) in [6, 6.07) is 4.52. The lowest BCUT2D eigenvalue weighted by atomic mass is 10.2. The van der Waals surface area contributed by atoms with Crippen LogP contribution in [-0.4, -0.2) is 41.1 Å². The fourth-order valence-corrected chi connectivity index (χ4v) is 4.20. The van der Waals surface area contributed by atoms with Gasteiger partial charge in [-0.1, -0.05) is 23.4 Å². The summed E-state index contributed by atoms with van der Waals surface area (Å²) >= 11 is 5.83. The van der Waals surface area contributed by atoms with Crippen LogP contribution in [0.4, 0.5) is 5.69 Å². The summed E-state index contributed by atoms with van der Waals surface area (Å²) in [5.74, 6) is 4.32. The molecule has 0 aliphatic carbocycles. The van der Waals surface area contributed by atoms with Crippen LogP contribution < -0.4 is 10.5 Å². The summed E-state index contributed by atoms with van der Waals surface area (Å²) in [5, 5.41) is 0.328. The number of anilines is 1. The number of rotatable bonds is 5. The smallest absolute Gasteiger partial charge is 0.233 e. The Morgan fingerprint density at radius 1 is 1.24 bits per heavy atom. The minimum absolute atomic E-state index is 0.128. The van der Waals surface area contributed by atoms with Gasteiger partial charge in [0.15, 0.2) is 0 Å². The highest BCUT2D eigenvalue weighted by Gasteiger charge is 2.16. The molecule has 0 atom stereocenters. The predicted octanol–water partition coefficient (Wildman–Crippen LogP) is 0.436. The van der Waals surface area contributed by atoms with E-state index in [1.54, 1.807) is 12.1 Å². The Labute approximate surface area is 129 Å². The first-order valence-electron chi connectivity index (χ1n) is 5.80. The first-order valence-corrected chi connectivity index (χ1v) is 9.89. The van der Waals surface area contributed by atoms with Crippen LogP contribution in [0.25, 0.3) is 0 Å². The molecule has 21 heavy (non-hydrogen) atoms. The average Bonchev–Trinajstić information content (AvgIpc) is 2.34. The van der Waals surface area contributed by atoms with E-state index >= 15 is 0 Å². The topological polar surface area (TPSA) is 106 Å². The number of nitrogens with one attached hydrogen (secondary N) is 1. The molecule has 0 unspecified atom stereocenters. The van der Waals surface area contributed by atoms with Gasteiger partial charge in [-0.05, 0) is 18.2 Å². The van der Waals surface area contributed by atoms with Gasteiger partial charge in [0, 0.05) is 16.8 Å². The van der Waals surface area contributed by atoms with Crippen molar-refractivity contribution in [3.05, 3.63) is 28.8 Å². The molecule has 116 valence electrons. The number of benzene rings is 1. The van der Waals surface area contributed by atoms with E-state index in [1.165, 1.54) is 6.07 Å². The molecule has 0 bridgehead atoms. The van der Waals surface area contributed by atoms with Crippen molar-refractivity contribution in [3.63, 3.8) is 0 Å². The van der Waals surface area contributed by atoms with Crippen molar-refractivity contribution in [3.8, 4) is 11.8 Å². The predicted molar refractivity (Wildman–Crippen MR) is 84.5 cm³/mol. The largest absolute Gasteiger partial charge is 0.320 e. The van der Waals surface area contributed by atoms with E-state index in [4.69, 9.17) is 17.3 Å². The number of sulfone groups is 1. The Morgan fingerprint density at radius 3 is 2.48 bits per heavy atom. The van der Waals surface area contributed by atoms with Crippen molar-refractivity contribution >= 4 is 37.1 Å². The van der Waals surface area contributed by atoms with Gasteiger partial charge in [0.1, 0.15) is 9.84 Å². The van der Waals surface area contributed by atoms with Crippen LogP contribution in [0.2, 0.25) is 5.02 Å². The molecule has 1 rings (SSSR count). The summed E-state index contributed by atoms with van der Waals surface area (Å²) in [5.41, 5.74) is 5.88. The van der Waals surface area contributed by atoms with Crippen LogP contribution >= 0.6 is 11.6 Å². The standard InChI is InChI=1S/C12H15ClN2O4S2/c1-20(16,17)7-8-21(18,19)15-12-9-11(13)5-4-10(12)3-2-6-14/h4-5,9,15H,6-8,14H2,1H3. The molecule has 3 N–H and O–H groups in total. The Balaban J connectivity index is 3.03. The molecular weight excluding hydrogens is 336 g/mol. The average molecular weight is 351 g/mol. The number of nitrogens with two attached hydrogens (primary N) is 1. The first-order chi connectivity index (χ1) is 9.63. The molecule has 0 aromatic heterocycles. The van der Waals surface area contributed by atoms with Crippen LogP contribution in [0.1, 0.15) is 5.56 Å². The van der Waals surface area contributed by atoms with Crippen molar-refractivity contribution in [2.45, 2.75) is 0 Å². The molecule has 0 aliphatic rings. The lowest BCUT2D eigenvalue weighted by molar-refractivity contribution is 0.593. The monoisotopic (exact) mass is 350 g/mol. The first kappa shape index (κ1) is 17.8. The van der Waals surface area contributed by atoms with Gasteiger partial charge < -0.3 is 5.73 Å². The third kappa shape index (κ3) is 6.82. The Hall–Kier alpha value is -1.27. The van der Waals surface area contributed by atoms with Crippen LogP contribution in [0.5, 0.6) is 0 Å². The second kappa shape index (κ2) is 7.13. The highest BCUT2D eigenvalue weighted by Crippen LogP contribution is 2.21. The maximum Gasteiger partial charge on any atom is 0.233 e. The zero-order valence-electron chi connectivity index (χ0n) is 11.3. The zero-order chi connectivity index (χ0) is 16.1. The highest BCUT2D eigenvalue weighted by atomic mass is 35.5. The third-order valence-corrected chi connectivity index (χ3v) is 5.01. The van der Waals surface area contributed by atoms with Crippen LogP contribution in [0.3, 0.4) is 0 Å². The van der Waals surface area contributed by atoms with E-state index in [2.05, 4.69) is 16.6 Å². The van der Waals surface area contributed by atoms with Crippen LogP contribution in [-0.2, 0) is 19.9 Å². The second-order valence-corrected chi connectivity index (χ2v) is 8.78. The fraction of sp³-hybridized carbons (Fsp3) is 0.333. The molecule has 0 aliphatic heterocycles. The van der Waals surface area contributed by atoms with E-state index in [0.717, 1.165) is 6.26 Å². The quantitative estimate of drug-likeness (QED) is 0.749. The summed E-state index contributed by atoms with van der Waals surface area (Å²) in [6.45, 7) is 0.128. The van der Waals surface area contributed by atoms with E-state index in [1.807, 2.05) is 0 Å². The Kier molecular flexibility index (Phi) is 6.04. The summed E-state index contributed by atoms with van der Waals surface area (Å²) in [7, 11) is -7.19. The summed E-state index contributed by atoms with van der Waals surface area (Å²) in [6.07, 6.45) is 0.972. The van der Waals surface area contributed by atoms with Gasteiger partial charge in [-0.2, -0.15) is 0 Å². The minimum atomic E-state index is -3.82. The van der Waals surface area contributed by atoms with Crippen molar-refractivity contribution in [2.75, 3.05) is 29.0 Å². The van der Waals surface area contributed by atoms with Gasteiger partial charge in [0.2, 0.25) is 10.0 Å². The Bertz CT molecular complexity index is 777. The van der Waals surface area contributed by atoms with E-state index < -0.39 is 31.4 Å². The van der Waals surface area contributed by atoms with Crippen molar-refractivity contribution in [2.24, 2.45) is 5.73 Å². The van der Waals surface area contributed by atoms with Crippen molar-refractivity contribution in [1.29, 1.82) is 0 Å². The highest BCUT2D eigenvalue weighted by molar-refractivity contribution is 7.95. The molecule has 1 aromatic rings. The number of hydrogen-bond acceptors (Lipinski definition) is 5. The van der Waals surface area contributed by atoms with Crippen LogP contribution in [0, 0.1) is 11.8 Å². The van der Waals surface area contributed by atoms with E-state index in [9.17, 15) is 16.8 Å². The van der Waals surface area contributed by atoms with Gasteiger partial charge in [0.25, 0.3) is 0 Å². The van der Waals surface area contributed by atoms with Gasteiger partial charge >= 0.3 is 0 Å². The number of halogens is 1. The molecule has 0 amide bonds. The SMILES string of the molecule is CS(=O)(=O)CCS(=O)(=O)Nc1cc(Cl)ccc1C#CCN. The molecule has 9 heteroatoms. The van der Waals surface area contributed by atoms with Crippen LogP contribution in [0.15, 0.2) is 18.2 Å². The van der Waals surface area contributed by atoms with Gasteiger partial charge in [-0.3, -0.25) is 4.72 Å². The molecule has 6 nitrogen and oxygen atoms in total. The Morgan fingerprint density at radius 2 is 1.90 bits per heavy atom. The lowest BCUT2D eigenvalue weighted by Gasteiger charge is -2.10. The maximum absolute atomic E-state index is 11.9. The number of hydrogen-bond donors (Lipinski definition) is 2. The maximum atomic E-state index is 11.9.